The van der Waals surface area contributed by atoms with Gasteiger partial charge in [-0.1, -0.05) is 53.7 Å². The SMILES string of the molecule is CCOC(=O)N1CCC(=C2c3ccccc3Sc3ccccc32)CC1. The van der Waals surface area contributed by atoms with E-state index in [4.69, 9.17) is 4.74 Å². The summed E-state index contributed by atoms with van der Waals surface area (Å²) in [6, 6.07) is 17.3. The van der Waals surface area contributed by atoms with Crippen LogP contribution in [0.2, 0.25) is 0 Å². The van der Waals surface area contributed by atoms with Crippen molar-refractivity contribution in [3.8, 4) is 0 Å². The Morgan fingerprint density at radius 3 is 2.12 bits per heavy atom. The van der Waals surface area contributed by atoms with E-state index in [1.807, 2.05) is 23.6 Å². The highest BCUT2D eigenvalue weighted by molar-refractivity contribution is 7.99. The molecular weight excluding hydrogens is 330 g/mol. The van der Waals surface area contributed by atoms with Crippen molar-refractivity contribution in [1.82, 2.24) is 4.90 Å². The summed E-state index contributed by atoms with van der Waals surface area (Å²) in [5.74, 6) is 0. The van der Waals surface area contributed by atoms with Crippen molar-refractivity contribution in [3.63, 3.8) is 0 Å². The van der Waals surface area contributed by atoms with E-state index in [-0.39, 0.29) is 6.09 Å². The van der Waals surface area contributed by atoms with Gasteiger partial charge in [-0.05, 0) is 48.6 Å². The summed E-state index contributed by atoms with van der Waals surface area (Å²) in [5, 5.41) is 0. The second-order valence-electron chi connectivity index (χ2n) is 6.26. The highest BCUT2D eigenvalue weighted by atomic mass is 32.2. The average molecular weight is 351 g/mol. The molecule has 1 fully saturated rings. The Labute approximate surface area is 152 Å². The number of rotatable bonds is 1. The summed E-state index contributed by atoms with van der Waals surface area (Å²) < 4.78 is 5.14. The van der Waals surface area contributed by atoms with Crippen molar-refractivity contribution in [2.24, 2.45) is 0 Å². The monoisotopic (exact) mass is 351 g/mol. The Hall–Kier alpha value is -2.20. The largest absolute Gasteiger partial charge is 0.450 e. The van der Waals surface area contributed by atoms with Crippen LogP contribution in [0.4, 0.5) is 4.79 Å². The van der Waals surface area contributed by atoms with Crippen LogP contribution in [-0.4, -0.2) is 30.7 Å². The Kier molecular flexibility index (Phi) is 4.53. The van der Waals surface area contributed by atoms with Gasteiger partial charge >= 0.3 is 6.09 Å². The maximum Gasteiger partial charge on any atom is 0.409 e. The number of benzene rings is 2. The Morgan fingerprint density at radius 1 is 1.00 bits per heavy atom. The maximum atomic E-state index is 12.0. The van der Waals surface area contributed by atoms with Crippen molar-refractivity contribution in [2.75, 3.05) is 19.7 Å². The molecule has 0 radical (unpaired) electrons. The fourth-order valence-corrected chi connectivity index (χ4v) is 4.68. The second-order valence-corrected chi connectivity index (χ2v) is 7.34. The molecule has 0 atom stereocenters. The topological polar surface area (TPSA) is 29.5 Å². The van der Waals surface area contributed by atoms with Crippen LogP contribution in [0.3, 0.4) is 0 Å². The number of fused-ring (bicyclic) bond motifs is 2. The zero-order chi connectivity index (χ0) is 17.2. The first-order chi connectivity index (χ1) is 12.3. The molecule has 3 nitrogen and oxygen atoms in total. The number of ether oxygens (including phenoxy) is 1. The van der Waals surface area contributed by atoms with Crippen LogP contribution < -0.4 is 0 Å². The van der Waals surface area contributed by atoms with Crippen molar-refractivity contribution < 1.29 is 9.53 Å². The summed E-state index contributed by atoms with van der Waals surface area (Å²) in [6.45, 7) is 3.74. The van der Waals surface area contributed by atoms with Crippen LogP contribution >= 0.6 is 11.8 Å². The molecule has 0 aliphatic carbocycles. The number of piperidine rings is 1. The minimum Gasteiger partial charge on any atom is -0.450 e. The molecular formula is C21H21NO2S. The summed E-state index contributed by atoms with van der Waals surface area (Å²) in [7, 11) is 0. The van der Waals surface area contributed by atoms with Gasteiger partial charge in [-0.15, -0.1) is 0 Å². The van der Waals surface area contributed by atoms with Crippen LogP contribution in [0, 0.1) is 0 Å². The third kappa shape index (κ3) is 3.07. The van der Waals surface area contributed by atoms with Crippen LogP contribution in [0.5, 0.6) is 0 Å². The van der Waals surface area contributed by atoms with E-state index in [1.54, 1.807) is 0 Å². The molecule has 0 N–H and O–H groups in total. The minimum atomic E-state index is -0.188. The third-order valence-corrected chi connectivity index (χ3v) is 5.93. The Morgan fingerprint density at radius 2 is 1.56 bits per heavy atom. The van der Waals surface area contributed by atoms with E-state index in [0.29, 0.717) is 6.61 Å². The molecule has 4 rings (SSSR count). The fourth-order valence-electron chi connectivity index (χ4n) is 3.59. The second kappa shape index (κ2) is 6.96. The van der Waals surface area contributed by atoms with Gasteiger partial charge < -0.3 is 9.64 Å². The molecule has 25 heavy (non-hydrogen) atoms. The quantitative estimate of drug-likeness (QED) is 0.603. The van der Waals surface area contributed by atoms with Crippen molar-refractivity contribution in [3.05, 3.63) is 65.2 Å². The van der Waals surface area contributed by atoms with Gasteiger partial charge in [0.25, 0.3) is 0 Å². The molecule has 1 amide bonds. The molecule has 2 aromatic carbocycles. The van der Waals surface area contributed by atoms with Gasteiger partial charge in [0.15, 0.2) is 0 Å². The molecule has 128 valence electrons. The number of carbonyl (C=O) groups excluding carboxylic acids is 1. The number of carbonyl (C=O) groups is 1. The minimum absolute atomic E-state index is 0.188. The predicted molar refractivity (Wildman–Crippen MR) is 101 cm³/mol. The van der Waals surface area contributed by atoms with Gasteiger partial charge in [0.05, 0.1) is 6.61 Å². The number of likely N-dealkylation sites (tertiary alicyclic amines) is 1. The van der Waals surface area contributed by atoms with Crippen LogP contribution in [0.15, 0.2) is 63.9 Å². The smallest absolute Gasteiger partial charge is 0.409 e. The van der Waals surface area contributed by atoms with E-state index >= 15 is 0 Å². The van der Waals surface area contributed by atoms with E-state index in [0.717, 1.165) is 25.9 Å². The van der Waals surface area contributed by atoms with Crippen LogP contribution in [0.25, 0.3) is 5.57 Å². The van der Waals surface area contributed by atoms with Crippen molar-refractivity contribution >= 4 is 23.4 Å². The highest BCUT2D eigenvalue weighted by Crippen LogP contribution is 2.47. The number of amides is 1. The summed E-state index contributed by atoms with van der Waals surface area (Å²) >= 11 is 1.84. The van der Waals surface area contributed by atoms with Gasteiger partial charge in [0.2, 0.25) is 0 Å². The summed E-state index contributed by atoms with van der Waals surface area (Å²) in [5.41, 5.74) is 5.46. The Balaban J connectivity index is 1.71. The third-order valence-electron chi connectivity index (χ3n) is 4.78. The molecule has 0 saturated carbocycles. The molecule has 2 aliphatic rings. The zero-order valence-electron chi connectivity index (χ0n) is 14.3. The summed E-state index contributed by atoms with van der Waals surface area (Å²) in [6.07, 6.45) is 1.62. The van der Waals surface area contributed by atoms with E-state index in [2.05, 4.69) is 48.5 Å². The van der Waals surface area contributed by atoms with Gasteiger partial charge in [0, 0.05) is 22.9 Å². The van der Waals surface area contributed by atoms with E-state index in [1.165, 1.54) is 32.1 Å². The lowest BCUT2D eigenvalue weighted by Gasteiger charge is -2.31. The number of nitrogens with zero attached hydrogens (tertiary/aromatic N) is 1. The normalized spacial score (nSPS) is 16.3. The maximum absolute atomic E-state index is 12.0. The van der Waals surface area contributed by atoms with Gasteiger partial charge in [-0.2, -0.15) is 0 Å². The molecule has 1 saturated heterocycles. The zero-order valence-corrected chi connectivity index (χ0v) is 15.1. The first-order valence-electron chi connectivity index (χ1n) is 8.78. The summed E-state index contributed by atoms with van der Waals surface area (Å²) in [4.78, 5) is 16.4. The van der Waals surface area contributed by atoms with Gasteiger partial charge in [0.1, 0.15) is 0 Å². The number of hydrogen-bond donors (Lipinski definition) is 0. The lowest BCUT2D eigenvalue weighted by atomic mass is 9.88. The Bertz CT molecular complexity index is 786. The van der Waals surface area contributed by atoms with E-state index < -0.39 is 0 Å². The lowest BCUT2D eigenvalue weighted by Crippen LogP contribution is -2.37. The first-order valence-corrected chi connectivity index (χ1v) is 9.60. The highest BCUT2D eigenvalue weighted by Gasteiger charge is 2.27. The predicted octanol–water partition coefficient (Wildman–Crippen LogP) is 5.21. The molecule has 2 heterocycles. The van der Waals surface area contributed by atoms with Crippen LogP contribution in [0.1, 0.15) is 30.9 Å². The van der Waals surface area contributed by atoms with Gasteiger partial charge in [-0.3, -0.25) is 0 Å². The molecule has 0 spiro atoms. The fraction of sp³-hybridized carbons (Fsp3) is 0.286. The molecule has 2 aliphatic heterocycles. The first kappa shape index (κ1) is 16.3. The molecule has 4 heteroatoms. The van der Waals surface area contributed by atoms with Crippen molar-refractivity contribution in [1.29, 1.82) is 0 Å². The molecule has 0 aromatic heterocycles. The molecule has 0 unspecified atom stereocenters. The average Bonchev–Trinajstić information content (AvgIpc) is 2.66. The number of hydrogen-bond acceptors (Lipinski definition) is 3. The van der Waals surface area contributed by atoms with Crippen LogP contribution in [-0.2, 0) is 4.74 Å². The van der Waals surface area contributed by atoms with Gasteiger partial charge in [-0.25, -0.2) is 4.79 Å². The molecule has 2 aromatic rings. The van der Waals surface area contributed by atoms with Crippen molar-refractivity contribution in [2.45, 2.75) is 29.6 Å². The standard InChI is InChI=1S/C21H21NO2S/c1-2-24-21(23)22-13-11-15(12-14-22)20-16-7-3-5-9-18(16)25-19-10-6-4-8-17(19)20/h3-10H,2,11-14H2,1H3. The lowest BCUT2D eigenvalue weighted by molar-refractivity contribution is 0.104. The van der Waals surface area contributed by atoms with E-state index in [9.17, 15) is 4.79 Å². The molecule has 0 bridgehead atoms.